The first-order valence-corrected chi connectivity index (χ1v) is 7.94. The summed E-state index contributed by atoms with van der Waals surface area (Å²) in [6.45, 7) is 4.84. The zero-order valence-electron chi connectivity index (χ0n) is 11.4. The van der Waals surface area contributed by atoms with Gasteiger partial charge in [-0.05, 0) is 45.6 Å². The Kier molecular flexibility index (Phi) is 4.50. The Labute approximate surface area is 131 Å². The number of amides is 1. The molecule has 0 saturated heterocycles. The molecule has 0 saturated carbocycles. The molecule has 0 atom stereocenters. The molecular formula is C15H17BrN2OS. The molecule has 0 aliphatic carbocycles. The van der Waals surface area contributed by atoms with Crippen molar-refractivity contribution in [2.24, 2.45) is 0 Å². The summed E-state index contributed by atoms with van der Waals surface area (Å²) >= 11 is 5.04. The predicted octanol–water partition coefficient (Wildman–Crippen LogP) is 3.80. The maximum Gasteiger partial charge on any atom is 0.251 e. The van der Waals surface area contributed by atoms with Crippen molar-refractivity contribution in [3.05, 3.63) is 50.6 Å². The standard InChI is InChI=1S/C15H17BrN2OS/c1-15(2,13-4-3-7-20-13)9-18-14(19)10-5-6-12(17)11(16)8-10/h3-8H,9,17H2,1-2H3,(H,18,19). The quantitative estimate of drug-likeness (QED) is 0.822. The Morgan fingerprint density at radius 1 is 1.40 bits per heavy atom. The lowest BCUT2D eigenvalue weighted by atomic mass is 9.91. The van der Waals surface area contributed by atoms with E-state index in [1.54, 1.807) is 29.5 Å². The summed E-state index contributed by atoms with van der Waals surface area (Å²) in [5.41, 5.74) is 6.87. The number of carbonyl (C=O) groups excluding carboxylic acids is 1. The fourth-order valence-electron chi connectivity index (χ4n) is 1.82. The number of thiophene rings is 1. The van der Waals surface area contributed by atoms with Gasteiger partial charge in [-0.25, -0.2) is 0 Å². The lowest BCUT2D eigenvalue weighted by Crippen LogP contribution is -2.36. The summed E-state index contributed by atoms with van der Waals surface area (Å²) in [7, 11) is 0. The van der Waals surface area contributed by atoms with Crippen LogP contribution in [0.4, 0.5) is 5.69 Å². The second-order valence-corrected chi connectivity index (χ2v) is 7.08. The molecule has 2 rings (SSSR count). The van der Waals surface area contributed by atoms with Gasteiger partial charge in [0.2, 0.25) is 0 Å². The first-order valence-electron chi connectivity index (χ1n) is 6.27. The molecule has 0 bridgehead atoms. The Morgan fingerprint density at radius 3 is 2.75 bits per heavy atom. The van der Waals surface area contributed by atoms with E-state index in [4.69, 9.17) is 5.73 Å². The maximum absolute atomic E-state index is 12.2. The maximum atomic E-state index is 12.2. The van der Waals surface area contributed by atoms with Crippen LogP contribution in [0.5, 0.6) is 0 Å². The third-order valence-electron chi connectivity index (χ3n) is 3.14. The summed E-state index contributed by atoms with van der Waals surface area (Å²) in [6.07, 6.45) is 0. The number of anilines is 1. The van der Waals surface area contributed by atoms with Gasteiger partial charge in [0.05, 0.1) is 0 Å². The van der Waals surface area contributed by atoms with Gasteiger partial charge in [-0.15, -0.1) is 11.3 Å². The molecule has 3 N–H and O–H groups in total. The zero-order chi connectivity index (χ0) is 14.8. The van der Waals surface area contributed by atoms with Crippen LogP contribution in [0.2, 0.25) is 0 Å². The molecule has 0 unspecified atom stereocenters. The largest absolute Gasteiger partial charge is 0.398 e. The number of nitrogens with one attached hydrogen (secondary N) is 1. The molecule has 3 nitrogen and oxygen atoms in total. The van der Waals surface area contributed by atoms with Crippen LogP contribution < -0.4 is 11.1 Å². The highest BCUT2D eigenvalue weighted by Crippen LogP contribution is 2.27. The normalized spacial score (nSPS) is 11.3. The van der Waals surface area contributed by atoms with E-state index in [1.165, 1.54) is 4.88 Å². The van der Waals surface area contributed by atoms with Gasteiger partial charge in [0.1, 0.15) is 0 Å². The summed E-state index contributed by atoms with van der Waals surface area (Å²) in [4.78, 5) is 13.4. The van der Waals surface area contributed by atoms with Crippen LogP contribution in [-0.4, -0.2) is 12.5 Å². The molecule has 0 aliphatic rings. The van der Waals surface area contributed by atoms with Crippen molar-refractivity contribution in [1.82, 2.24) is 5.32 Å². The number of hydrogen-bond acceptors (Lipinski definition) is 3. The molecule has 20 heavy (non-hydrogen) atoms. The molecular weight excluding hydrogens is 336 g/mol. The SMILES string of the molecule is CC(C)(CNC(=O)c1ccc(N)c(Br)c1)c1cccs1. The van der Waals surface area contributed by atoms with Crippen LogP contribution in [0.3, 0.4) is 0 Å². The highest BCUT2D eigenvalue weighted by Gasteiger charge is 2.22. The van der Waals surface area contributed by atoms with Crippen molar-refractivity contribution in [3.63, 3.8) is 0 Å². The monoisotopic (exact) mass is 352 g/mol. The summed E-state index contributed by atoms with van der Waals surface area (Å²) in [6, 6.07) is 9.32. The number of hydrogen-bond donors (Lipinski definition) is 2. The van der Waals surface area contributed by atoms with Crippen LogP contribution in [0.1, 0.15) is 29.1 Å². The van der Waals surface area contributed by atoms with E-state index in [-0.39, 0.29) is 11.3 Å². The molecule has 0 aliphatic heterocycles. The van der Waals surface area contributed by atoms with Crippen LogP contribution in [0, 0.1) is 0 Å². The van der Waals surface area contributed by atoms with E-state index in [0.717, 1.165) is 4.47 Å². The molecule has 5 heteroatoms. The van der Waals surface area contributed by atoms with Gasteiger partial charge < -0.3 is 11.1 Å². The summed E-state index contributed by atoms with van der Waals surface area (Å²) < 4.78 is 0.739. The molecule has 2 aromatic rings. The lowest BCUT2D eigenvalue weighted by Gasteiger charge is -2.23. The van der Waals surface area contributed by atoms with E-state index in [1.807, 2.05) is 6.07 Å². The minimum Gasteiger partial charge on any atom is -0.398 e. The Morgan fingerprint density at radius 2 is 2.15 bits per heavy atom. The van der Waals surface area contributed by atoms with Gasteiger partial charge in [-0.2, -0.15) is 0 Å². The predicted molar refractivity (Wildman–Crippen MR) is 88.2 cm³/mol. The van der Waals surface area contributed by atoms with E-state index in [2.05, 4.69) is 46.5 Å². The number of nitrogen functional groups attached to an aromatic ring is 1. The number of benzene rings is 1. The molecule has 0 spiro atoms. The van der Waals surface area contributed by atoms with E-state index in [9.17, 15) is 4.79 Å². The van der Waals surface area contributed by atoms with Crippen molar-refractivity contribution in [3.8, 4) is 0 Å². The van der Waals surface area contributed by atoms with Crippen LogP contribution in [-0.2, 0) is 5.41 Å². The van der Waals surface area contributed by atoms with Gasteiger partial charge in [0, 0.05) is 32.6 Å². The Bertz CT molecular complexity index is 608. The van der Waals surface area contributed by atoms with Gasteiger partial charge >= 0.3 is 0 Å². The van der Waals surface area contributed by atoms with E-state index >= 15 is 0 Å². The lowest BCUT2D eigenvalue weighted by molar-refractivity contribution is 0.0946. The minimum absolute atomic E-state index is 0.0745. The number of halogens is 1. The minimum atomic E-state index is -0.0877. The topological polar surface area (TPSA) is 55.1 Å². The van der Waals surface area contributed by atoms with Crippen LogP contribution >= 0.6 is 27.3 Å². The fourth-order valence-corrected chi connectivity index (χ4v) is 3.05. The average Bonchev–Trinajstić information content (AvgIpc) is 2.94. The summed E-state index contributed by atoms with van der Waals surface area (Å²) in [5.74, 6) is -0.0877. The average molecular weight is 353 g/mol. The van der Waals surface area contributed by atoms with E-state index < -0.39 is 0 Å². The zero-order valence-corrected chi connectivity index (χ0v) is 13.8. The van der Waals surface area contributed by atoms with Gasteiger partial charge in [0.15, 0.2) is 0 Å². The van der Waals surface area contributed by atoms with Crippen molar-refractivity contribution in [1.29, 1.82) is 0 Å². The Hall–Kier alpha value is -1.33. The second kappa shape index (κ2) is 5.97. The third-order valence-corrected chi connectivity index (χ3v) is 5.06. The van der Waals surface area contributed by atoms with Gasteiger partial charge in [-0.3, -0.25) is 4.79 Å². The summed E-state index contributed by atoms with van der Waals surface area (Å²) in [5, 5.41) is 5.03. The highest BCUT2D eigenvalue weighted by atomic mass is 79.9. The first kappa shape index (κ1) is 15.1. The molecule has 1 amide bonds. The van der Waals surface area contributed by atoms with Crippen molar-refractivity contribution in [2.75, 3.05) is 12.3 Å². The van der Waals surface area contributed by atoms with Gasteiger partial charge in [0.25, 0.3) is 5.91 Å². The number of nitrogens with two attached hydrogens (primary N) is 1. The molecule has 1 aromatic heterocycles. The van der Waals surface area contributed by atoms with Crippen LogP contribution in [0.15, 0.2) is 40.2 Å². The molecule has 1 aromatic carbocycles. The smallest absolute Gasteiger partial charge is 0.251 e. The fraction of sp³-hybridized carbons (Fsp3) is 0.267. The molecule has 0 fully saturated rings. The van der Waals surface area contributed by atoms with Crippen molar-refractivity contribution in [2.45, 2.75) is 19.3 Å². The highest BCUT2D eigenvalue weighted by molar-refractivity contribution is 9.10. The van der Waals surface area contributed by atoms with Crippen molar-refractivity contribution >= 4 is 38.9 Å². The number of rotatable bonds is 4. The molecule has 106 valence electrons. The van der Waals surface area contributed by atoms with E-state index in [0.29, 0.717) is 17.8 Å². The van der Waals surface area contributed by atoms with Gasteiger partial charge in [-0.1, -0.05) is 19.9 Å². The Balaban J connectivity index is 2.03. The molecule has 1 heterocycles. The number of carbonyl (C=O) groups is 1. The first-order chi connectivity index (χ1) is 9.40. The molecule has 0 radical (unpaired) electrons. The second-order valence-electron chi connectivity index (χ2n) is 5.28. The van der Waals surface area contributed by atoms with Crippen LogP contribution in [0.25, 0.3) is 0 Å². The van der Waals surface area contributed by atoms with Crippen molar-refractivity contribution < 1.29 is 4.79 Å². The third kappa shape index (κ3) is 3.41.